The Hall–Kier alpha value is -1.06. The monoisotopic (exact) mass is 188 g/mol. The first kappa shape index (κ1) is 10.0. The summed E-state index contributed by atoms with van der Waals surface area (Å²) in [5, 5.41) is 8.74. The maximum atomic E-state index is 11.6. The van der Waals surface area contributed by atoms with Gasteiger partial charge in [0, 0.05) is 5.41 Å². The first-order valence-corrected chi connectivity index (χ1v) is 4.11. The Morgan fingerprint density at radius 1 is 1.69 bits per heavy atom. The number of aliphatic carboxylic acids is 1. The smallest absolute Gasteiger partial charge is 0.310 e. The zero-order valence-corrected chi connectivity index (χ0v) is 7.66. The van der Waals surface area contributed by atoms with Crippen molar-refractivity contribution in [2.75, 3.05) is 6.67 Å². The van der Waals surface area contributed by atoms with Gasteiger partial charge in [0.1, 0.15) is 18.7 Å². The summed E-state index contributed by atoms with van der Waals surface area (Å²) in [5.74, 6) is -1.33. The van der Waals surface area contributed by atoms with Gasteiger partial charge in [0.15, 0.2) is 0 Å². The zero-order valence-electron chi connectivity index (χ0n) is 7.66. The lowest BCUT2D eigenvalue weighted by Gasteiger charge is -1.99. The zero-order chi connectivity index (χ0) is 10.1. The molecule has 1 saturated carbocycles. The molecular formula is C9H13FO3. The first-order chi connectivity index (χ1) is 6.01. The van der Waals surface area contributed by atoms with Crippen molar-refractivity contribution in [1.82, 2.24) is 0 Å². The minimum atomic E-state index is -0.858. The van der Waals surface area contributed by atoms with Crippen molar-refractivity contribution >= 4 is 5.97 Å². The molecular weight excluding hydrogens is 175 g/mol. The van der Waals surface area contributed by atoms with Gasteiger partial charge in [-0.25, -0.2) is 4.39 Å². The molecule has 0 aromatic rings. The molecule has 0 aromatic heterocycles. The predicted molar refractivity (Wildman–Crippen MR) is 44.9 cm³/mol. The maximum absolute atomic E-state index is 11.6. The lowest BCUT2D eigenvalue weighted by atomic mass is 10.1. The van der Waals surface area contributed by atoms with Crippen LogP contribution in [0.2, 0.25) is 0 Å². The van der Waals surface area contributed by atoms with Crippen molar-refractivity contribution in [2.45, 2.75) is 20.0 Å². The third-order valence-electron chi connectivity index (χ3n) is 2.41. The first-order valence-electron chi connectivity index (χ1n) is 4.11. The van der Waals surface area contributed by atoms with Gasteiger partial charge in [0.2, 0.25) is 0 Å². The summed E-state index contributed by atoms with van der Waals surface area (Å²) in [7, 11) is 0. The van der Waals surface area contributed by atoms with Crippen LogP contribution in [0.3, 0.4) is 0 Å². The van der Waals surface area contributed by atoms with Gasteiger partial charge in [0.05, 0.1) is 6.26 Å². The van der Waals surface area contributed by atoms with Crippen molar-refractivity contribution < 1.29 is 19.0 Å². The highest BCUT2D eigenvalue weighted by atomic mass is 19.1. The minimum absolute atomic E-state index is 0.326. The van der Waals surface area contributed by atoms with Crippen LogP contribution in [0, 0.1) is 11.3 Å². The van der Waals surface area contributed by atoms with E-state index in [-0.39, 0.29) is 11.5 Å². The SMILES string of the molecule is CC1(C)C(OC=CCF)C1C(=O)O. The van der Waals surface area contributed by atoms with Gasteiger partial charge in [0.25, 0.3) is 0 Å². The van der Waals surface area contributed by atoms with Gasteiger partial charge >= 0.3 is 5.97 Å². The molecule has 1 rings (SSSR count). The third-order valence-corrected chi connectivity index (χ3v) is 2.41. The third kappa shape index (κ3) is 1.82. The quantitative estimate of drug-likeness (QED) is 0.681. The van der Waals surface area contributed by atoms with Crippen LogP contribution in [0.4, 0.5) is 4.39 Å². The summed E-state index contributed by atoms with van der Waals surface area (Å²) in [6.07, 6.45) is 2.12. The average Bonchev–Trinajstić information content (AvgIpc) is 2.54. The fourth-order valence-corrected chi connectivity index (χ4v) is 1.47. The van der Waals surface area contributed by atoms with Gasteiger partial charge in [-0.15, -0.1) is 0 Å². The molecule has 2 unspecified atom stereocenters. The number of hydrogen-bond donors (Lipinski definition) is 1. The van der Waals surface area contributed by atoms with Gasteiger partial charge in [-0.05, 0) is 6.08 Å². The average molecular weight is 188 g/mol. The lowest BCUT2D eigenvalue weighted by molar-refractivity contribution is -0.139. The Morgan fingerprint density at radius 2 is 2.31 bits per heavy atom. The topological polar surface area (TPSA) is 46.5 Å². The summed E-state index contributed by atoms with van der Waals surface area (Å²) in [5.41, 5.74) is -0.341. The fourth-order valence-electron chi connectivity index (χ4n) is 1.47. The molecule has 0 bridgehead atoms. The molecule has 1 fully saturated rings. The normalized spacial score (nSPS) is 30.4. The second-order valence-corrected chi connectivity index (χ2v) is 3.72. The van der Waals surface area contributed by atoms with Crippen LogP contribution in [-0.2, 0) is 9.53 Å². The standard InChI is InChI=1S/C9H13FO3/c1-9(2)6(8(11)12)7(9)13-5-3-4-10/h3,5-7H,4H2,1-2H3,(H,11,12). The van der Waals surface area contributed by atoms with E-state index >= 15 is 0 Å². The number of ether oxygens (including phenoxy) is 1. The van der Waals surface area contributed by atoms with E-state index in [2.05, 4.69) is 0 Å². The Labute approximate surface area is 76.2 Å². The molecule has 0 radical (unpaired) electrons. The number of carboxylic acid groups (broad SMARTS) is 1. The van der Waals surface area contributed by atoms with Crippen LogP contribution in [-0.4, -0.2) is 23.9 Å². The van der Waals surface area contributed by atoms with Gasteiger partial charge in [-0.1, -0.05) is 13.8 Å². The van der Waals surface area contributed by atoms with Crippen LogP contribution in [0.1, 0.15) is 13.8 Å². The number of alkyl halides is 1. The molecule has 3 nitrogen and oxygen atoms in total. The van der Waals surface area contributed by atoms with E-state index in [1.54, 1.807) is 0 Å². The van der Waals surface area contributed by atoms with Crippen LogP contribution in [0.15, 0.2) is 12.3 Å². The van der Waals surface area contributed by atoms with E-state index in [1.165, 1.54) is 12.3 Å². The van der Waals surface area contributed by atoms with Crippen molar-refractivity contribution in [3.8, 4) is 0 Å². The van der Waals surface area contributed by atoms with Crippen molar-refractivity contribution in [1.29, 1.82) is 0 Å². The van der Waals surface area contributed by atoms with E-state index in [9.17, 15) is 9.18 Å². The highest BCUT2D eigenvalue weighted by molar-refractivity contribution is 5.76. The number of allylic oxidation sites excluding steroid dienone is 1. The predicted octanol–water partition coefficient (Wildman–Crippen LogP) is 1.60. The van der Waals surface area contributed by atoms with Crippen molar-refractivity contribution in [2.24, 2.45) is 11.3 Å². The number of carbonyl (C=O) groups is 1. The lowest BCUT2D eigenvalue weighted by Crippen LogP contribution is -2.03. The van der Waals surface area contributed by atoms with E-state index in [1.807, 2.05) is 13.8 Å². The van der Waals surface area contributed by atoms with Crippen molar-refractivity contribution in [3.63, 3.8) is 0 Å². The van der Waals surface area contributed by atoms with Crippen LogP contribution < -0.4 is 0 Å². The second kappa shape index (κ2) is 3.36. The highest BCUT2D eigenvalue weighted by Crippen LogP contribution is 2.54. The molecule has 0 aliphatic heterocycles. The van der Waals surface area contributed by atoms with Gasteiger partial charge < -0.3 is 9.84 Å². The number of rotatable bonds is 4. The molecule has 1 aliphatic carbocycles. The Kier molecular flexibility index (Phi) is 2.59. The van der Waals surface area contributed by atoms with E-state index in [0.29, 0.717) is 0 Å². The summed E-state index contributed by atoms with van der Waals surface area (Å²) >= 11 is 0. The number of hydrogen-bond acceptors (Lipinski definition) is 2. The van der Waals surface area contributed by atoms with E-state index < -0.39 is 18.6 Å². The molecule has 0 aromatic carbocycles. The van der Waals surface area contributed by atoms with Gasteiger partial charge in [-0.3, -0.25) is 4.79 Å². The number of halogens is 1. The molecule has 4 heteroatoms. The minimum Gasteiger partial charge on any atom is -0.497 e. The van der Waals surface area contributed by atoms with Gasteiger partial charge in [-0.2, -0.15) is 0 Å². The molecule has 0 heterocycles. The largest absolute Gasteiger partial charge is 0.497 e. The molecule has 13 heavy (non-hydrogen) atoms. The van der Waals surface area contributed by atoms with Crippen LogP contribution in [0.5, 0.6) is 0 Å². The van der Waals surface area contributed by atoms with Crippen LogP contribution in [0.25, 0.3) is 0 Å². The number of carboxylic acids is 1. The summed E-state index contributed by atoms with van der Waals surface area (Å²) < 4.78 is 16.7. The van der Waals surface area contributed by atoms with Crippen molar-refractivity contribution in [3.05, 3.63) is 12.3 Å². The molecule has 0 saturated heterocycles. The summed E-state index contributed by atoms with van der Waals surface area (Å²) in [6.45, 7) is 3.05. The molecule has 2 atom stereocenters. The fraction of sp³-hybridized carbons (Fsp3) is 0.667. The van der Waals surface area contributed by atoms with E-state index in [4.69, 9.17) is 9.84 Å². The highest BCUT2D eigenvalue weighted by Gasteiger charge is 2.64. The molecule has 1 aliphatic rings. The molecule has 74 valence electrons. The summed E-state index contributed by atoms with van der Waals surface area (Å²) in [4.78, 5) is 10.6. The molecule has 0 amide bonds. The Balaban J connectivity index is 2.46. The second-order valence-electron chi connectivity index (χ2n) is 3.72. The molecule has 0 spiro atoms. The van der Waals surface area contributed by atoms with Crippen LogP contribution >= 0.6 is 0 Å². The Bertz CT molecular complexity index is 235. The molecule has 1 N–H and O–H groups in total. The Morgan fingerprint density at radius 3 is 2.69 bits per heavy atom. The van der Waals surface area contributed by atoms with E-state index in [0.717, 1.165) is 0 Å². The summed E-state index contributed by atoms with van der Waals surface area (Å²) in [6, 6.07) is 0. The maximum Gasteiger partial charge on any atom is 0.310 e.